The maximum atomic E-state index is 13.6. The molecule has 4 rings (SSSR count). The predicted octanol–water partition coefficient (Wildman–Crippen LogP) is 4.81. The summed E-state index contributed by atoms with van der Waals surface area (Å²) >= 11 is 2.06. The van der Waals surface area contributed by atoms with Gasteiger partial charge in [0, 0.05) is 31.8 Å². The molecule has 1 saturated heterocycles. The van der Waals surface area contributed by atoms with Crippen molar-refractivity contribution in [1.82, 2.24) is 4.57 Å². The van der Waals surface area contributed by atoms with Crippen LogP contribution in [0.1, 0.15) is 22.6 Å². The summed E-state index contributed by atoms with van der Waals surface area (Å²) in [5, 5.41) is 3.22. The van der Waals surface area contributed by atoms with Gasteiger partial charge in [0.2, 0.25) is 0 Å². The highest BCUT2D eigenvalue weighted by Gasteiger charge is 2.55. The van der Waals surface area contributed by atoms with E-state index in [-0.39, 0.29) is 9.75 Å². The molecule has 2 atom stereocenters. The summed E-state index contributed by atoms with van der Waals surface area (Å²) in [5.41, 5.74) is -2.31. The number of ether oxygens (including phenoxy) is 2. The molecule has 35 heavy (non-hydrogen) atoms. The van der Waals surface area contributed by atoms with Crippen molar-refractivity contribution in [1.29, 1.82) is 0 Å². The number of esters is 2. The molecule has 0 spiro atoms. The van der Waals surface area contributed by atoms with Gasteiger partial charge < -0.3 is 18.5 Å². The molecule has 0 aliphatic carbocycles. The Morgan fingerprint density at radius 3 is 2.23 bits per heavy atom. The summed E-state index contributed by atoms with van der Waals surface area (Å²) < 4.78 is 53.3. The second-order valence-corrected chi connectivity index (χ2v) is 10.8. The third-order valence-corrected chi connectivity index (χ3v) is 8.13. The van der Waals surface area contributed by atoms with Crippen LogP contribution < -0.4 is 0 Å². The molecule has 0 radical (unpaired) electrons. The van der Waals surface area contributed by atoms with E-state index >= 15 is 0 Å². The lowest BCUT2D eigenvalue weighted by molar-refractivity contribution is -0.899. The molecule has 4 heterocycles. The van der Waals surface area contributed by atoms with E-state index in [4.69, 9.17) is 9.47 Å². The number of carbonyl (C=O) groups excluding carboxylic acids is 2. The zero-order valence-electron chi connectivity index (χ0n) is 19.1. The summed E-state index contributed by atoms with van der Waals surface area (Å²) in [6.45, 7) is 3.06. The maximum absolute atomic E-state index is 13.6. The topological polar surface area (TPSA) is 57.5 Å². The molecule has 3 aromatic rings. The predicted molar refractivity (Wildman–Crippen MR) is 126 cm³/mol. The van der Waals surface area contributed by atoms with E-state index in [1.165, 1.54) is 12.1 Å². The Bertz CT molecular complexity index is 1080. The van der Waals surface area contributed by atoms with Gasteiger partial charge in [-0.3, -0.25) is 0 Å². The normalized spacial score (nSPS) is 20.6. The average Bonchev–Trinajstić information content (AvgIpc) is 3.60. The van der Waals surface area contributed by atoms with Gasteiger partial charge in [-0.05, 0) is 35.0 Å². The van der Waals surface area contributed by atoms with Crippen LogP contribution in [0.2, 0.25) is 0 Å². The maximum Gasteiger partial charge on any atom is 0.490 e. The van der Waals surface area contributed by atoms with E-state index in [0.29, 0.717) is 17.4 Å². The van der Waals surface area contributed by atoms with Crippen molar-refractivity contribution in [2.75, 3.05) is 26.7 Å². The van der Waals surface area contributed by atoms with Crippen LogP contribution in [0, 0.1) is 0 Å². The molecule has 2 unspecified atom stereocenters. The number of nitrogens with zero attached hydrogens (tertiary/aromatic N) is 2. The van der Waals surface area contributed by atoms with Crippen molar-refractivity contribution in [2.45, 2.75) is 37.3 Å². The second kappa shape index (κ2) is 10.2. The Balaban J connectivity index is 1.52. The minimum Gasteiger partial charge on any atom is -0.453 e. The fourth-order valence-electron chi connectivity index (χ4n) is 4.44. The van der Waals surface area contributed by atoms with Gasteiger partial charge in [0.05, 0.1) is 29.9 Å². The average molecular weight is 528 g/mol. The fourth-order valence-corrected chi connectivity index (χ4v) is 6.23. The van der Waals surface area contributed by atoms with Crippen molar-refractivity contribution >= 4 is 34.6 Å². The largest absolute Gasteiger partial charge is 0.490 e. The Kier molecular flexibility index (Phi) is 7.39. The van der Waals surface area contributed by atoms with E-state index in [1.807, 2.05) is 24.5 Å². The number of likely N-dealkylation sites (N-methyl/N-ethyl adjacent to an activating group) is 1. The molecular weight excluding hydrogens is 501 g/mol. The van der Waals surface area contributed by atoms with Crippen LogP contribution in [0.4, 0.5) is 13.2 Å². The minimum absolute atomic E-state index is 0.157. The number of hydrogen-bond donors (Lipinski definition) is 0. The molecule has 0 amide bonds. The van der Waals surface area contributed by atoms with Crippen LogP contribution in [0.5, 0.6) is 0 Å². The van der Waals surface area contributed by atoms with Gasteiger partial charge in [-0.2, -0.15) is 13.2 Å². The monoisotopic (exact) mass is 527 g/mol. The van der Waals surface area contributed by atoms with Gasteiger partial charge in [-0.1, -0.05) is 12.1 Å². The second-order valence-electron chi connectivity index (χ2n) is 8.86. The summed E-state index contributed by atoms with van der Waals surface area (Å²) in [4.78, 5) is 25.9. The number of thiophene rings is 2. The first-order valence-electron chi connectivity index (χ1n) is 11.2. The summed E-state index contributed by atoms with van der Waals surface area (Å²) in [6.07, 6.45) is -0.240. The third kappa shape index (κ3) is 5.62. The van der Waals surface area contributed by atoms with Gasteiger partial charge in [-0.25, -0.2) is 9.59 Å². The number of alkyl halides is 3. The molecule has 188 valence electrons. The lowest BCUT2D eigenvalue weighted by Gasteiger charge is -2.32. The zero-order valence-corrected chi connectivity index (χ0v) is 20.7. The third-order valence-electron chi connectivity index (χ3n) is 6.19. The number of hydrogen-bond acceptors (Lipinski definition) is 6. The van der Waals surface area contributed by atoms with E-state index in [2.05, 4.69) is 11.6 Å². The van der Waals surface area contributed by atoms with Gasteiger partial charge in [-0.15, -0.1) is 22.7 Å². The number of aryl methyl sites for hydroxylation is 1. The van der Waals surface area contributed by atoms with Crippen molar-refractivity contribution in [3.8, 4) is 0 Å². The Labute approximate surface area is 209 Å². The van der Waals surface area contributed by atoms with Crippen LogP contribution in [-0.2, 0) is 31.2 Å². The SMILES string of the molecule is C[N+]1(CCCn2cccc2)CCC(OC(=O)C(OC(=O)C(F)(F)F)(c2cccs2)c2cccs2)C1. The standard InChI is InChI=1S/C24H26F3N2O4S2/c1-29(13-6-12-28-10-2-3-11-28)14-9-18(17-29)32-21(30)23(19-7-4-15-34-19,20-8-5-16-35-20)33-22(31)24(25,26)27/h2-5,7-8,10-11,15-16,18H,6,9,12-14,17H2,1H3/q+1. The van der Waals surface area contributed by atoms with E-state index in [9.17, 15) is 22.8 Å². The van der Waals surface area contributed by atoms with Crippen LogP contribution in [0.25, 0.3) is 0 Å². The lowest BCUT2D eigenvalue weighted by Crippen LogP contribution is -2.47. The molecule has 6 nitrogen and oxygen atoms in total. The first-order chi connectivity index (χ1) is 16.6. The van der Waals surface area contributed by atoms with Gasteiger partial charge in [0.25, 0.3) is 5.60 Å². The molecule has 0 aromatic carbocycles. The summed E-state index contributed by atoms with van der Waals surface area (Å²) in [5.74, 6) is -3.45. The highest BCUT2D eigenvalue weighted by atomic mass is 32.1. The Hall–Kier alpha value is -2.63. The summed E-state index contributed by atoms with van der Waals surface area (Å²) in [6, 6.07) is 10.1. The number of halogens is 3. The van der Waals surface area contributed by atoms with E-state index in [1.54, 1.807) is 22.9 Å². The molecule has 1 fully saturated rings. The molecule has 11 heteroatoms. The number of quaternary nitrogens is 1. The van der Waals surface area contributed by atoms with Crippen LogP contribution in [0.3, 0.4) is 0 Å². The van der Waals surface area contributed by atoms with Gasteiger partial charge >= 0.3 is 18.1 Å². The first-order valence-corrected chi connectivity index (χ1v) is 12.9. The number of rotatable bonds is 9. The van der Waals surface area contributed by atoms with E-state index < -0.39 is 29.8 Å². The van der Waals surface area contributed by atoms with Gasteiger partial charge in [0.1, 0.15) is 6.54 Å². The molecule has 1 aliphatic rings. The fraction of sp³-hybridized carbons (Fsp3) is 0.417. The molecule has 3 aromatic heterocycles. The van der Waals surface area contributed by atoms with Crippen molar-refractivity contribution in [3.05, 3.63) is 69.3 Å². The Morgan fingerprint density at radius 1 is 1.06 bits per heavy atom. The van der Waals surface area contributed by atoms with Crippen molar-refractivity contribution < 1.29 is 36.7 Å². The van der Waals surface area contributed by atoms with Crippen LogP contribution >= 0.6 is 22.7 Å². The molecule has 0 bridgehead atoms. The minimum atomic E-state index is -5.26. The molecule has 0 saturated carbocycles. The molecule has 1 aliphatic heterocycles. The van der Waals surface area contributed by atoms with Gasteiger partial charge in [0.15, 0.2) is 6.10 Å². The summed E-state index contributed by atoms with van der Waals surface area (Å²) in [7, 11) is 2.08. The number of carbonyl (C=O) groups is 2. The van der Waals surface area contributed by atoms with Crippen LogP contribution in [0.15, 0.2) is 59.6 Å². The highest BCUT2D eigenvalue weighted by Crippen LogP contribution is 2.42. The molecular formula is C24H26F3N2O4S2+. The van der Waals surface area contributed by atoms with Crippen LogP contribution in [-0.4, -0.2) is 60.0 Å². The Morgan fingerprint density at radius 2 is 1.69 bits per heavy atom. The van der Waals surface area contributed by atoms with Crippen molar-refractivity contribution in [3.63, 3.8) is 0 Å². The zero-order chi connectivity index (χ0) is 25.1. The molecule has 0 N–H and O–H groups in total. The quantitative estimate of drug-likeness (QED) is 0.296. The smallest absolute Gasteiger partial charge is 0.453 e. The lowest BCUT2D eigenvalue weighted by atomic mass is 9.99. The first kappa shape index (κ1) is 25.5. The van der Waals surface area contributed by atoms with E-state index in [0.717, 1.165) is 48.7 Å². The van der Waals surface area contributed by atoms with Crippen molar-refractivity contribution in [2.24, 2.45) is 0 Å². The number of likely N-dealkylation sites (tertiary alicyclic amines) is 1. The highest BCUT2D eigenvalue weighted by molar-refractivity contribution is 7.12. The number of aromatic nitrogens is 1.